The maximum Gasteiger partial charge on any atom is 0.251 e. The smallest absolute Gasteiger partial charge is 0.251 e. The van der Waals surface area contributed by atoms with Crippen molar-refractivity contribution in [3.8, 4) is 11.1 Å². The Balaban J connectivity index is 2.26. The average molecular weight is 362 g/mol. The van der Waals surface area contributed by atoms with E-state index < -0.39 is 11.7 Å². The molecule has 0 aliphatic carbocycles. The Labute approximate surface area is 151 Å². The van der Waals surface area contributed by atoms with Gasteiger partial charge in [0.1, 0.15) is 5.82 Å². The number of carbonyl (C=O) groups is 1. The Hall–Kier alpha value is -2.58. The van der Waals surface area contributed by atoms with Crippen molar-refractivity contribution in [3.05, 3.63) is 41.5 Å². The number of benzene rings is 1. The molecule has 0 aliphatic heterocycles. The van der Waals surface area contributed by atoms with Gasteiger partial charge in [0.2, 0.25) is 5.95 Å². The van der Waals surface area contributed by atoms with Crippen LogP contribution in [0.3, 0.4) is 0 Å². The number of aromatic nitrogens is 2. The third kappa shape index (κ3) is 4.96. The van der Waals surface area contributed by atoms with Gasteiger partial charge in [-0.15, -0.1) is 0 Å². The Bertz CT molecular complexity index is 768. The van der Waals surface area contributed by atoms with E-state index in [2.05, 4.69) is 15.3 Å². The summed E-state index contributed by atoms with van der Waals surface area (Å²) in [5.74, 6) is -0.949. The minimum absolute atomic E-state index is 0.0202. The van der Waals surface area contributed by atoms with Crippen LogP contribution in [0.25, 0.3) is 11.1 Å². The van der Waals surface area contributed by atoms with Crippen LogP contribution in [0.1, 0.15) is 35.8 Å². The molecule has 0 fully saturated rings. The third-order valence-corrected chi connectivity index (χ3v) is 3.67. The first kappa shape index (κ1) is 19.7. The summed E-state index contributed by atoms with van der Waals surface area (Å²) in [7, 11) is 0. The number of primary amides is 1. The molecule has 1 heterocycles. The van der Waals surface area contributed by atoms with Crippen LogP contribution in [0.15, 0.2) is 24.4 Å². The van der Waals surface area contributed by atoms with Gasteiger partial charge in [0.05, 0.1) is 31.1 Å². The first-order valence-electron chi connectivity index (χ1n) is 8.33. The van der Waals surface area contributed by atoms with Crippen LogP contribution < -0.4 is 11.1 Å². The molecule has 7 nitrogen and oxygen atoms in total. The highest BCUT2D eigenvalue weighted by Gasteiger charge is 2.16. The molecule has 0 bridgehead atoms. The molecule has 2 aromatic rings. The lowest BCUT2D eigenvalue weighted by atomic mass is 9.97. The van der Waals surface area contributed by atoms with Crippen molar-refractivity contribution in [1.82, 2.24) is 9.97 Å². The molecular formula is C18H23FN4O3. The van der Waals surface area contributed by atoms with Gasteiger partial charge in [0.25, 0.3) is 5.91 Å². The Kier molecular flexibility index (Phi) is 6.99. The van der Waals surface area contributed by atoms with Gasteiger partial charge < -0.3 is 20.9 Å². The predicted octanol–water partition coefficient (Wildman–Crippen LogP) is 1.93. The zero-order valence-electron chi connectivity index (χ0n) is 14.8. The molecule has 1 aromatic heterocycles. The fraction of sp³-hybridized carbons (Fsp3) is 0.389. The van der Waals surface area contributed by atoms with Crippen LogP contribution in [-0.4, -0.2) is 47.3 Å². The summed E-state index contributed by atoms with van der Waals surface area (Å²) in [6.07, 6.45) is 1.64. The summed E-state index contributed by atoms with van der Waals surface area (Å²) in [6, 6.07) is 4.20. The van der Waals surface area contributed by atoms with Gasteiger partial charge >= 0.3 is 0 Å². The first-order valence-corrected chi connectivity index (χ1v) is 8.33. The number of ether oxygens (including phenoxy) is 1. The summed E-state index contributed by atoms with van der Waals surface area (Å²) in [4.78, 5) is 20.2. The van der Waals surface area contributed by atoms with E-state index in [1.54, 1.807) is 12.3 Å². The molecule has 4 N–H and O–H groups in total. The van der Waals surface area contributed by atoms with Crippen LogP contribution in [-0.2, 0) is 4.74 Å². The van der Waals surface area contributed by atoms with Crippen molar-refractivity contribution in [2.45, 2.75) is 19.8 Å². The number of nitrogens with two attached hydrogens (primary N) is 1. The fourth-order valence-electron chi connectivity index (χ4n) is 2.43. The van der Waals surface area contributed by atoms with Crippen LogP contribution >= 0.6 is 0 Å². The van der Waals surface area contributed by atoms with Crippen molar-refractivity contribution in [2.24, 2.45) is 5.73 Å². The second kappa shape index (κ2) is 9.21. The molecule has 0 unspecified atom stereocenters. The number of amides is 1. The van der Waals surface area contributed by atoms with E-state index in [0.29, 0.717) is 30.2 Å². The van der Waals surface area contributed by atoms with Crippen molar-refractivity contribution in [2.75, 3.05) is 31.7 Å². The van der Waals surface area contributed by atoms with Gasteiger partial charge in [0.15, 0.2) is 0 Å². The summed E-state index contributed by atoms with van der Waals surface area (Å²) in [5, 5.41) is 11.7. The molecule has 1 amide bonds. The topological polar surface area (TPSA) is 110 Å². The van der Waals surface area contributed by atoms with Crippen molar-refractivity contribution in [1.29, 1.82) is 0 Å². The van der Waals surface area contributed by atoms with E-state index in [9.17, 15) is 9.18 Å². The molecule has 0 atom stereocenters. The van der Waals surface area contributed by atoms with Gasteiger partial charge in [-0.3, -0.25) is 4.79 Å². The summed E-state index contributed by atoms with van der Waals surface area (Å²) < 4.78 is 18.9. The van der Waals surface area contributed by atoms with Gasteiger partial charge in [-0.05, 0) is 23.6 Å². The number of hydrogen-bond donors (Lipinski definition) is 3. The molecule has 0 spiro atoms. The highest BCUT2D eigenvalue weighted by Crippen LogP contribution is 2.29. The van der Waals surface area contributed by atoms with E-state index in [-0.39, 0.29) is 24.7 Å². The number of halogens is 1. The number of hydrogen-bond acceptors (Lipinski definition) is 6. The lowest BCUT2D eigenvalue weighted by Gasteiger charge is -2.14. The monoisotopic (exact) mass is 362 g/mol. The lowest BCUT2D eigenvalue weighted by molar-refractivity contribution is 0.0991. The molecule has 1 aromatic carbocycles. The van der Waals surface area contributed by atoms with Gasteiger partial charge in [-0.1, -0.05) is 19.9 Å². The van der Waals surface area contributed by atoms with E-state index in [1.165, 1.54) is 12.1 Å². The number of aliphatic hydroxyl groups is 1. The predicted molar refractivity (Wildman–Crippen MR) is 96.4 cm³/mol. The fourth-order valence-corrected chi connectivity index (χ4v) is 2.43. The van der Waals surface area contributed by atoms with Gasteiger partial charge in [-0.2, -0.15) is 0 Å². The maximum atomic E-state index is 13.7. The SMILES string of the molecule is CC(C)c1nc(NCCOCCO)ncc1-c1ccc(F)c(C(N)=O)c1. The zero-order valence-corrected chi connectivity index (χ0v) is 14.8. The second-order valence-corrected chi connectivity index (χ2v) is 5.97. The van der Waals surface area contributed by atoms with E-state index >= 15 is 0 Å². The van der Waals surface area contributed by atoms with Crippen LogP contribution in [0.2, 0.25) is 0 Å². The first-order chi connectivity index (χ1) is 12.4. The molecule has 0 saturated heterocycles. The highest BCUT2D eigenvalue weighted by molar-refractivity contribution is 5.94. The van der Waals surface area contributed by atoms with Crippen molar-refractivity contribution >= 4 is 11.9 Å². The molecule has 26 heavy (non-hydrogen) atoms. The summed E-state index contributed by atoms with van der Waals surface area (Å²) >= 11 is 0. The van der Waals surface area contributed by atoms with Crippen molar-refractivity contribution < 1.29 is 19.0 Å². The van der Waals surface area contributed by atoms with Crippen LogP contribution in [0.4, 0.5) is 10.3 Å². The zero-order chi connectivity index (χ0) is 19.1. The molecule has 2 rings (SSSR count). The molecule has 0 radical (unpaired) electrons. The molecule has 140 valence electrons. The average Bonchev–Trinajstić information content (AvgIpc) is 2.61. The largest absolute Gasteiger partial charge is 0.394 e. The van der Waals surface area contributed by atoms with Crippen LogP contribution in [0.5, 0.6) is 0 Å². The summed E-state index contributed by atoms with van der Waals surface area (Å²) in [5.41, 5.74) is 7.16. The van der Waals surface area contributed by atoms with Crippen molar-refractivity contribution in [3.63, 3.8) is 0 Å². The van der Waals surface area contributed by atoms with Crippen LogP contribution in [0, 0.1) is 5.82 Å². The molecular weight excluding hydrogens is 339 g/mol. The number of anilines is 1. The number of nitrogens with one attached hydrogen (secondary N) is 1. The van der Waals surface area contributed by atoms with E-state index in [0.717, 1.165) is 5.69 Å². The van der Waals surface area contributed by atoms with E-state index in [1.807, 2.05) is 13.8 Å². The Morgan fingerprint density at radius 1 is 1.38 bits per heavy atom. The lowest BCUT2D eigenvalue weighted by Crippen LogP contribution is -2.14. The number of nitrogens with zero attached hydrogens (tertiary/aromatic N) is 2. The Morgan fingerprint density at radius 3 is 2.81 bits per heavy atom. The second-order valence-electron chi connectivity index (χ2n) is 5.97. The Morgan fingerprint density at radius 2 is 2.15 bits per heavy atom. The molecule has 0 saturated carbocycles. The normalized spacial score (nSPS) is 11.0. The minimum Gasteiger partial charge on any atom is -0.394 e. The maximum absolute atomic E-state index is 13.7. The van der Waals surface area contributed by atoms with Gasteiger partial charge in [-0.25, -0.2) is 14.4 Å². The standard InChI is InChI=1S/C18H23FN4O3/c1-11(2)16-14(12-3-4-15(19)13(9-12)17(20)25)10-22-18(23-16)21-5-7-26-8-6-24/h3-4,9-11,24H,5-8H2,1-2H3,(H2,20,25)(H,21,22,23). The molecule has 0 aliphatic rings. The minimum atomic E-state index is -0.822. The molecule has 8 heteroatoms. The third-order valence-electron chi connectivity index (χ3n) is 3.67. The van der Waals surface area contributed by atoms with E-state index in [4.69, 9.17) is 15.6 Å². The number of rotatable bonds is 9. The highest BCUT2D eigenvalue weighted by atomic mass is 19.1. The van der Waals surface area contributed by atoms with Gasteiger partial charge in [0, 0.05) is 18.3 Å². The number of aliphatic hydroxyl groups excluding tert-OH is 1. The quantitative estimate of drug-likeness (QED) is 0.588. The number of carbonyl (C=O) groups excluding carboxylic acids is 1. The summed E-state index contributed by atoms with van der Waals surface area (Å²) in [6.45, 7) is 5.15.